The molecule has 186 valence electrons. The number of thioether (sulfide) groups is 1. The number of carbonyl (C=O) groups is 1. The number of anilines is 1. The second-order valence-electron chi connectivity index (χ2n) is 8.42. The number of hydrogen-bond donors (Lipinski definition) is 0. The van der Waals surface area contributed by atoms with Gasteiger partial charge in [-0.25, -0.2) is 13.4 Å². The SMILES string of the molecule is CSc1ccc2nc(N(CC3CCCO3)C(=O)c3ccc(S(=O)(=O)N4CCOCC4)cc3)sc2c1. The van der Waals surface area contributed by atoms with Crippen LogP contribution in [0.3, 0.4) is 0 Å². The van der Waals surface area contributed by atoms with Gasteiger partial charge in [-0.05, 0) is 61.6 Å². The Morgan fingerprint density at radius 1 is 1.17 bits per heavy atom. The molecule has 2 aliphatic rings. The average molecular weight is 534 g/mol. The Balaban J connectivity index is 1.43. The van der Waals surface area contributed by atoms with Crippen LogP contribution in [0.5, 0.6) is 0 Å². The van der Waals surface area contributed by atoms with E-state index in [9.17, 15) is 13.2 Å². The molecule has 8 nitrogen and oxygen atoms in total. The lowest BCUT2D eigenvalue weighted by Gasteiger charge is -2.26. The van der Waals surface area contributed by atoms with Crippen LogP contribution in [-0.2, 0) is 19.5 Å². The van der Waals surface area contributed by atoms with Crippen molar-refractivity contribution in [2.24, 2.45) is 0 Å². The summed E-state index contributed by atoms with van der Waals surface area (Å²) in [6.07, 6.45) is 3.84. The Morgan fingerprint density at radius 2 is 1.94 bits per heavy atom. The van der Waals surface area contributed by atoms with Crippen molar-refractivity contribution >= 4 is 54.4 Å². The minimum atomic E-state index is -3.62. The first kappa shape index (κ1) is 24.7. The van der Waals surface area contributed by atoms with Crippen LogP contribution < -0.4 is 4.90 Å². The quantitative estimate of drug-likeness (QED) is 0.426. The van der Waals surface area contributed by atoms with Crippen LogP contribution in [0.1, 0.15) is 23.2 Å². The standard InChI is InChI=1S/C24H27N3O5S3/c1-33-19-6-9-21-22(15-19)34-24(25-21)27(16-18-3-2-12-32-18)23(28)17-4-7-20(8-5-17)35(29,30)26-10-13-31-14-11-26/h4-9,15,18H,2-3,10-14,16H2,1H3. The highest BCUT2D eigenvalue weighted by Crippen LogP contribution is 2.33. The van der Waals surface area contributed by atoms with E-state index < -0.39 is 10.0 Å². The summed E-state index contributed by atoms with van der Waals surface area (Å²) in [7, 11) is -3.62. The molecule has 3 heterocycles. The summed E-state index contributed by atoms with van der Waals surface area (Å²) in [5, 5.41) is 0.615. The number of rotatable bonds is 7. The molecule has 0 radical (unpaired) electrons. The number of sulfonamides is 1. The second kappa shape index (κ2) is 10.5. The summed E-state index contributed by atoms with van der Waals surface area (Å²) in [6.45, 7) is 2.52. The molecule has 0 N–H and O–H groups in total. The number of hydrogen-bond acceptors (Lipinski definition) is 8. The van der Waals surface area contributed by atoms with Gasteiger partial charge < -0.3 is 9.47 Å². The second-order valence-corrected chi connectivity index (χ2v) is 12.2. The number of ether oxygens (including phenoxy) is 2. The maximum atomic E-state index is 13.7. The lowest BCUT2D eigenvalue weighted by molar-refractivity contribution is 0.0730. The molecular formula is C24H27N3O5S3. The maximum absolute atomic E-state index is 13.7. The van der Waals surface area contributed by atoms with Gasteiger partial charge in [-0.2, -0.15) is 4.31 Å². The minimum Gasteiger partial charge on any atom is -0.379 e. The lowest BCUT2D eigenvalue weighted by Crippen LogP contribution is -2.40. The minimum absolute atomic E-state index is 0.0475. The lowest BCUT2D eigenvalue weighted by atomic mass is 10.2. The molecule has 1 aromatic heterocycles. The zero-order chi connectivity index (χ0) is 24.4. The van der Waals surface area contributed by atoms with Crippen molar-refractivity contribution in [3.8, 4) is 0 Å². The first-order chi connectivity index (χ1) is 17.0. The van der Waals surface area contributed by atoms with Gasteiger partial charge in [0.1, 0.15) is 0 Å². The van der Waals surface area contributed by atoms with Gasteiger partial charge in [-0.3, -0.25) is 9.69 Å². The Bertz CT molecular complexity index is 1300. The molecule has 0 bridgehead atoms. The number of nitrogens with zero attached hydrogens (tertiary/aromatic N) is 3. The summed E-state index contributed by atoms with van der Waals surface area (Å²) in [5.41, 5.74) is 1.26. The largest absolute Gasteiger partial charge is 0.379 e. The molecule has 2 fully saturated rings. The van der Waals surface area contributed by atoms with Crippen molar-refractivity contribution < 1.29 is 22.7 Å². The summed E-state index contributed by atoms with van der Waals surface area (Å²) < 4.78 is 39.4. The molecular weight excluding hydrogens is 506 g/mol. The number of amides is 1. The molecule has 2 aromatic carbocycles. The van der Waals surface area contributed by atoms with E-state index >= 15 is 0 Å². The van der Waals surface area contributed by atoms with Gasteiger partial charge in [0.2, 0.25) is 10.0 Å². The van der Waals surface area contributed by atoms with Crippen molar-refractivity contribution in [2.45, 2.75) is 28.7 Å². The topological polar surface area (TPSA) is 89.0 Å². The zero-order valence-corrected chi connectivity index (χ0v) is 21.8. The molecule has 0 spiro atoms. The Morgan fingerprint density at radius 3 is 2.63 bits per heavy atom. The van der Waals surface area contributed by atoms with Crippen LogP contribution in [0.15, 0.2) is 52.3 Å². The third-order valence-electron chi connectivity index (χ3n) is 6.18. The monoisotopic (exact) mass is 533 g/mol. The Hall–Kier alpha value is -2.02. The van der Waals surface area contributed by atoms with E-state index in [4.69, 9.17) is 14.5 Å². The normalized spacial score (nSPS) is 19.3. The first-order valence-corrected chi connectivity index (χ1v) is 15.0. The molecule has 1 atom stereocenters. The number of benzene rings is 2. The van der Waals surface area contributed by atoms with Gasteiger partial charge in [0.25, 0.3) is 5.91 Å². The summed E-state index contributed by atoms with van der Waals surface area (Å²) >= 11 is 3.14. The molecule has 0 saturated carbocycles. The number of carbonyl (C=O) groups excluding carboxylic acids is 1. The van der Waals surface area contributed by atoms with Crippen LogP contribution in [0.2, 0.25) is 0 Å². The Labute approximate surface area is 213 Å². The van der Waals surface area contributed by atoms with Crippen LogP contribution >= 0.6 is 23.1 Å². The van der Waals surface area contributed by atoms with E-state index in [1.54, 1.807) is 28.8 Å². The van der Waals surface area contributed by atoms with Crippen LogP contribution in [-0.4, -0.2) is 75.4 Å². The average Bonchev–Trinajstić information content (AvgIpc) is 3.56. The highest BCUT2D eigenvalue weighted by Gasteiger charge is 2.29. The molecule has 1 unspecified atom stereocenters. The van der Waals surface area contributed by atoms with Crippen molar-refractivity contribution in [3.63, 3.8) is 0 Å². The van der Waals surface area contributed by atoms with Crippen LogP contribution in [0, 0.1) is 0 Å². The van der Waals surface area contributed by atoms with Gasteiger partial charge in [0.15, 0.2) is 5.13 Å². The van der Waals surface area contributed by atoms with E-state index in [-0.39, 0.29) is 16.9 Å². The van der Waals surface area contributed by atoms with Gasteiger partial charge in [-0.15, -0.1) is 11.8 Å². The van der Waals surface area contributed by atoms with Crippen LogP contribution in [0.25, 0.3) is 10.2 Å². The van der Waals surface area contributed by atoms with Crippen molar-refractivity contribution in [2.75, 3.05) is 50.6 Å². The molecule has 1 amide bonds. The fourth-order valence-electron chi connectivity index (χ4n) is 4.24. The smallest absolute Gasteiger partial charge is 0.260 e. The third kappa shape index (κ3) is 5.25. The van der Waals surface area contributed by atoms with Gasteiger partial charge in [0.05, 0.1) is 41.0 Å². The van der Waals surface area contributed by atoms with E-state index in [2.05, 4.69) is 6.07 Å². The van der Waals surface area contributed by atoms with E-state index in [0.717, 1.165) is 28.0 Å². The molecule has 3 aromatic rings. The summed E-state index contributed by atoms with van der Waals surface area (Å²) in [6, 6.07) is 12.3. The molecule has 2 saturated heterocycles. The molecule has 0 aliphatic carbocycles. The zero-order valence-electron chi connectivity index (χ0n) is 19.4. The van der Waals surface area contributed by atoms with Crippen molar-refractivity contribution in [3.05, 3.63) is 48.0 Å². The summed E-state index contributed by atoms with van der Waals surface area (Å²) in [4.78, 5) is 21.4. The molecule has 5 rings (SSSR count). The number of fused-ring (bicyclic) bond motifs is 1. The van der Waals surface area contributed by atoms with E-state index in [1.165, 1.54) is 27.8 Å². The predicted molar refractivity (Wildman–Crippen MR) is 138 cm³/mol. The summed E-state index contributed by atoms with van der Waals surface area (Å²) in [5.74, 6) is -0.222. The predicted octanol–water partition coefficient (Wildman–Crippen LogP) is 3.86. The van der Waals surface area contributed by atoms with Crippen molar-refractivity contribution in [1.82, 2.24) is 9.29 Å². The van der Waals surface area contributed by atoms with Gasteiger partial charge in [0, 0.05) is 30.2 Å². The number of thiazole rings is 1. The van der Waals surface area contributed by atoms with Crippen molar-refractivity contribution in [1.29, 1.82) is 0 Å². The third-order valence-corrected chi connectivity index (χ3v) is 9.86. The number of morpholine rings is 1. The molecule has 35 heavy (non-hydrogen) atoms. The number of aromatic nitrogens is 1. The highest BCUT2D eigenvalue weighted by molar-refractivity contribution is 7.98. The van der Waals surface area contributed by atoms with E-state index in [1.807, 2.05) is 18.4 Å². The fraction of sp³-hybridized carbons (Fsp3) is 0.417. The molecule has 2 aliphatic heterocycles. The molecule has 11 heteroatoms. The van der Waals surface area contributed by atoms with Gasteiger partial charge >= 0.3 is 0 Å². The Kier molecular flexibility index (Phi) is 7.42. The van der Waals surface area contributed by atoms with E-state index in [0.29, 0.717) is 50.1 Å². The highest BCUT2D eigenvalue weighted by atomic mass is 32.2. The van der Waals surface area contributed by atoms with Crippen LogP contribution in [0.4, 0.5) is 5.13 Å². The fourth-order valence-corrected chi connectivity index (χ4v) is 7.17. The maximum Gasteiger partial charge on any atom is 0.260 e. The van der Waals surface area contributed by atoms with Gasteiger partial charge in [-0.1, -0.05) is 11.3 Å². The first-order valence-electron chi connectivity index (χ1n) is 11.5.